The fourth-order valence-corrected chi connectivity index (χ4v) is 4.52. The monoisotopic (exact) mass is 446 g/mol. The van der Waals surface area contributed by atoms with Crippen molar-refractivity contribution >= 4 is 11.9 Å². The average molecular weight is 447 g/mol. The van der Waals surface area contributed by atoms with Crippen LogP contribution in [0.1, 0.15) is 148 Å². The molecule has 0 spiro atoms. The minimum Gasteiger partial charge on any atom is -0.478 e. The van der Waals surface area contributed by atoms with Crippen molar-refractivity contribution in [2.75, 3.05) is 0 Å². The van der Waals surface area contributed by atoms with Gasteiger partial charge in [-0.3, -0.25) is 0 Å². The minimum absolute atomic E-state index is 0.0116. The average Bonchev–Trinajstić information content (AvgIpc) is 2.77. The lowest BCUT2D eigenvalue weighted by Gasteiger charge is -2.15. The van der Waals surface area contributed by atoms with Crippen molar-refractivity contribution < 1.29 is 19.8 Å². The predicted octanol–water partition coefficient (Wildman–Crippen LogP) is 8.45. The number of rotatable bonds is 20. The van der Waals surface area contributed by atoms with E-state index in [1.54, 1.807) is 0 Å². The summed E-state index contributed by atoms with van der Waals surface area (Å²) in [6, 6.07) is 3.35. The van der Waals surface area contributed by atoms with Gasteiger partial charge in [0.15, 0.2) is 0 Å². The lowest BCUT2D eigenvalue weighted by atomic mass is 9.89. The SMILES string of the molecule is CCCCCCCCCCc1ccc(C(=O)O)c(C(=O)O)c1CCCCCCCCCC. The molecule has 1 aromatic rings. The molecule has 182 valence electrons. The molecule has 0 aliphatic rings. The van der Waals surface area contributed by atoms with Crippen molar-refractivity contribution in [2.45, 2.75) is 129 Å². The van der Waals surface area contributed by atoms with Gasteiger partial charge in [0.05, 0.1) is 11.1 Å². The number of carboxylic acids is 2. The van der Waals surface area contributed by atoms with E-state index < -0.39 is 11.9 Å². The van der Waals surface area contributed by atoms with E-state index in [0.29, 0.717) is 6.42 Å². The highest BCUT2D eigenvalue weighted by atomic mass is 16.4. The molecule has 0 radical (unpaired) electrons. The Balaban J connectivity index is 2.68. The molecule has 0 aliphatic heterocycles. The van der Waals surface area contributed by atoms with Crippen LogP contribution < -0.4 is 0 Å². The summed E-state index contributed by atoms with van der Waals surface area (Å²) in [5.74, 6) is -2.27. The van der Waals surface area contributed by atoms with Crippen LogP contribution in [0.5, 0.6) is 0 Å². The summed E-state index contributed by atoms with van der Waals surface area (Å²) in [6.45, 7) is 4.45. The molecule has 0 aromatic heterocycles. The summed E-state index contributed by atoms with van der Waals surface area (Å²) in [5.41, 5.74) is 1.72. The second-order valence-electron chi connectivity index (χ2n) is 9.19. The Hall–Kier alpha value is -1.84. The number of hydrogen-bond donors (Lipinski definition) is 2. The Morgan fingerprint density at radius 2 is 1.03 bits per heavy atom. The summed E-state index contributed by atoms with van der Waals surface area (Å²) >= 11 is 0. The van der Waals surface area contributed by atoms with Gasteiger partial charge in [-0.1, -0.05) is 110 Å². The van der Waals surface area contributed by atoms with Gasteiger partial charge in [-0.2, -0.15) is 0 Å². The maximum absolute atomic E-state index is 12.0. The zero-order valence-corrected chi connectivity index (χ0v) is 20.6. The molecule has 4 heteroatoms. The third-order valence-electron chi connectivity index (χ3n) is 6.43. The first kappa shape index (κ1) is 28.2. The molecular weight excluding hydrogens is 400 g/mol. The third-order valence-corrected chi connectivity index (χ3v) is 6.43. The van der Waals surface area contributed by atoms with Crippen molar-refractivity contribution in [3.63, 3.8) is 0 Å². The van der Waals surface area contributed by atoms with Crippen molar-refractivity contribution in [3.8, 4) is 0 Å². The van der Waals surface area contributed by atoms with Gasteiger partial charge in [0.1, 0.15) is 0 Å². The number of carboxylic acid groups (broad SMARTS) is 2. The second kappa shape index (κ2) is 17.7. The smallest absolute Gasteiger partial charge is 0.336 e. The molecule has 0 unspecified atom stereocenters. The van der Waals surface area contributed by atoms with Crippen LogP contribution in [-0.2, 0) is 12.8 Å². The number of unbranched alkanes of at least 4 members (excludes halogenated alkanes) is 14. The first-order valence-electron chi connectivity index (χ1n) is 13.1. The zero-order valence-electron chi connectivity index (χ0n) is 20.6. The van der Waals surface area contributed by atoms with E-state index in [2.05, 4.69) is 13.8 Å². The van der Waals surface area contributed by atoms with Gasteiger partial charge in [0, 0.05) is 0 Å². The topological polar surface area (TPSA) is 74.6 Å². The lowest BCUT2D eigenvalue weighted by Crippen LogP contribution is -2.14. The molecule has 0 saturated carbocycles. The Bertz CT molecular complexity index is 666. The van der Waals surface area contributed by atoms with Crippen LogP contribution in [0.4, 0.5) is 0 Å². The molecule has 0 heterocycles. The highest BCUT2D eigenvalue weighted by Crippen LogP contribution is 2.25. The minimum atomic E-state index is -1.15. The Morgan fingerprint density at radius 3 is 1.47 bits per heavy atom. The van der Waals surface area contributed by atoms with Crippen LogP contribution in [0.15, 0.2) is 12.1 Å². The van der Waals surface area contributed by atoms with Gasteiger partial charge in [-0.25, -0.2) is 9.59 Å². The van der Waals surface area contributed by atoms with Crippen molar-refractivity contribution in [3.05, 3.63) is 34.4 Å². The molecule has 0 fully saturated rings. The van der Waals surface area contributed by atoms with E-state index in [1.165, 1.54) is 76.7 Å². The molecule has 4 nitrogen and oxygen atoms in total. The first-order chi connectivity index (χ1) is 15.5. The zero-order chi connectivity index (χ0) is 23.6. The van der Waals surface area contributed by atoms with Gasteiger partial charge >= 0.3 is 11.9 Å². The number of benzene rings is 1. The molecule has 0 saturated heterocycles. The van der Waals surface area contributed by atoms with Gasteiger partial charge in [-0.05, 0) is 42.9 Å². The summed E-state index contributed by atoms with van der Waals surface area (Å²) in [7, 11) is 0. The van der Waals surface area contributed by atoms with Crippen molar-refractivity contribution in [1.29, 1.82) is 0 Å². The number of aryl methyl sites for hydroxylation is 1. The summed E-state index contributed by atoms with van der Waals surface area (Å²) < 4.78 is 0. The first-order valence-corrected chi connectivity index (χ1v) is 13.1. The number of aromatic carboxylic acids is 2. The molecule has 0 atom stereocenters. The van der Waals surface area contributed by atoms with E-state index in [4.69, 9.17) is 0 Å². The van der Waals surface area contributed by atoms with E-state index in [-0.39, 0.29) is 11.1 Å². The maximum Gasteiger partial charge on any atom is 0.336 e. The van der Waals surface area contributed by atoms with E-state index in [9.17, 15) is 19.8 Å². The van der Waals surface area contributed by atoms with Crippen LogP contribution in [0.2, 0.25) is 0 Å². The highest BCUT2D eigenvalue weighted by molar-refractivity contribution is 6.03. The quantitative estimate of drug-likeness (QED) is 0.197. The van der Waals surface area contributed by atoms with Gasteiger partial charge < -0.3 is 10.2 Å². The molecule has 1 aromatic carbocycles. The fourth-order valence-electron chi connectivity index (χ4n) is 4.52. The van der Waals surface area contributed by atoms with E-state index in [0.717, 1.165) is 49.7 Å². The molecular formula is C28H46O4. The van der Waals surface area contributed by atoms with Crippen LogP contribution in [0, 0.1) is 0 Å². The van der Waals surface area contributed by atoms with Crippen LogP contribution in [0.25, 0.3) is 0 Å². The molecule has 0 amide bonds. The summed E-state index contributed by atoms with van der Waals surface area (Å²) in [4.78, 5) is 23.6. The Morgan fingerprint density at radius 1 is 0.594 bits per heavy atom. The normalized spacial score (nSPS) is 11.1. The maximum atomic E-state index is 12.0. The van der Waals surface area contributed by atoms with Gasteiger partial charge in [0.25, 0.3) is 0 Å². The predicted molar refractivity (Wildman–Crippen MR) is 133 cm³/mol. The van der Waals surface area contributed by atoms with Crippen molar-refractivity contribution in [2.24, 2.45) is 0 Å². The summed E-state index contributed by atoms with van der Waals surface area (Å²) in [5, 5.41) is 19.3. The van der Waals surface area contributed by atoms with Crippen LogP contribution in [0.3, 0.4) is 0 Å². The highest BCUT2D eigenvalue weighted by Gasteiger charge is 2.22. The number of carbonyl (C=O) groups is 2. The second-order valence-corrected chi connectivity index (χ2v) is 9.19. The molecule has 2 N–H and O–H groups in total. The Labute approximate surface area is 195 Å². The van der Waals surface area contributed by atoms with Crippen LogP contribution in [-0.4, -0.2) is 22.2 Å². The van der Waals surface area contributed by atoms with Gasteiger partial charge in [-0.15, -0.1) is 0 Å². The molecule has 1 rings (SSSR count). The van der Waals surface area contributed by atoms with Gasteiger partial charge in [0.2, 0.25) is 0 Å². The molecule has 0 aliphatic carbocycles. The van der Waals surface area contributed by atoms with Crippen LogP contribution >= 0.6 is 0 Å². The fraction of sp³-hybridized carbons (Fsp3) is 0.714. The van der Waals surface area contributed by atoms with E-state index >= 15 is 0 Å². The molecule has 32 heavy (non-hydrogen) atoms. The van der Waals surface area contributed by atoms with E-state index in [1.807, 2.05) is 6.07 Å². The third kappa shape index (κ3) is 11.2. The summed E-state index contributed by atoms with van der Waals surface area (Å²) in [6.07, 6.45) is 20.8. The Kier molecular flexibility index (Phi) is 15.6. The van der Waals surface area contributed by atoms with Crippen molar-refractivity contribution in [1.82, 2.24) is 0 Å². The number of hydrogen-bond acceptors (Lipinski definition) is 2. The lowest BCUT2D eigenvalue weighted by molar-refractivity contribution is 0.0650. The molecule has 0 bridgehead atoms. The largest absolute Gasteiger partial charge is 0.478 e. The standard InChI is InChI=1S/C28H46O4/c1-3-5-7-9-11-13-15-17-19-23-21-22-25(27(29)30)26(28(31)32)24(23)20-18-16-14-12-10-8-6-4-2/h21-22H,3-20H2,1-2H3,(H,29,30)(H,31,32).